The fourth-order valence-corrected chi connectivity index (χ4v) is 3.43. The van der Waals surface area contributed by atoms with Gasteiger partial charge < -0.3 is 9.47 Å². The maximum atomic E-state index is 12.2. The van der Waals surface area contributed by atoms with Crippen molar-refractivity contribution in [1.29, 1.82) is 0 Å². The summed E-state index contributed by atoms with van der Waals surface area (Å²) in [6, 6.07) is 17.7. The fourth-order valence-electron chi connectivity index (χ4n) is 3.43. The number of benzene rings is 2. The molecule has 0 saturated carbocycles. The van der Waals surface area contributed by atoms with E-state index in [4.69, 9.17) is 9.47 Å². The first-order valence-corrected chi connectivity index (χ1v) is 9.68. The van der Waals surface area contributed by atoms with E-state index in [1.807, 2.05) is 55.5 Å². The lowest BCUT2D eigenvalue weighted by molar-refractivity contribution is 0.0594. The average Bonchev–Trinajstić information content (AvgIpc) is 3.32. The third-order valence-electron chi connectivity index (χ3n) is 4.83. The molecule has 4 rings (SSSR count). The number of esters is 1. The molecular weight excluding hydrogens is 394 g/mol. The summed E-state index contributed by atoms with van der Waals surface area (Å²) in [5, 5.41) is 14.5. The van der Waals surface area contributed by atoms with Crippen molar-refractivity contribution >= 4 is 5.97 Å². The Labute approximate surface area is 179 Å². The monoisotopic (exact) mass is 415 g/mol. The molecule has 156 valence electrons. The van der Waals surface area contributed by atoms with Crippen LogP contribution in [-0.2, 0) is 11.3 Å². The molecule has 1 N–H and O–H groups in total. The Balaban J connectivity index is 1.68. The second-order valence-electron chi connectivity index (χ2n) is 6.98. The van der Waals surface area contributed by atoms with Crippen molar-refractivity contribution in [3.05, 3.63) is 77.1 Å². The first kappa shape index (κ1) is 20.2. The number of tetrazole rings is 1. The fraction of sp³-hybridized carbons (Fsp3) is 0.174. The van der Waals surface area contributed by atoms with E-state index in [1.165, 1.54) is 7.11 Å². The second-order valence-corrected chi connectivity index (χ2v) is 6.98. The summed E-state index contributed by atoms with van der Waals surface area (Å²) in [6.07, 6.45) is 0. The molecule has 0 aliphatic heterocycles. The number of methoxy groups -OCH3 is 1. The van der Waals surface area contributed by atoms with E-state index in [-0.39, 0.29) is 6.61 Å². The second kappa shape index (κ2) is 8.74. The molecule has 0 aliphatic carbocycles. The topological polar surface area (TPSA) is 103 Å². The van der Waals surface area contributed by atoms with Gasteiger partial charge in [0.15, 0.2) is 0 Å². The molecule has 0 atom stereocenters. The summed E-state index contributed by atoms with van der Waals surface area (Å²) in [5.74, 6) is 0.448. The molecule has 8 nitrogen and oxygen atoms in total. The molecule has 2 heterocycles. The molecule has 2 aromatic heterocycles. The third kappa shape index (κ3) is 4.28. The highest BCUT2D eigenvalue weighted by Crippen LogP contribution is 2.31. The summed E-state index contributed by atoms with van der Waals surface area (Å²) < 4.78 is 10.9. The Morgan fingerprint density at radius 2 is 1.84 bits per heavy atom. The number of nitrogens with zero attached hydrogens (tertiary/aromatic N) is 4. The first-order chi connectivity index (χ1) is 15.1. The van der Waals surface area contributed by atoms with E-state index in [0.717, 1.165) is 27.9 Å². The average molecular weight is 415 g/mol. The molecule has 0 fully saturated rings. The van der Waals surface area contributed by atoms with E-state index in [9.17, 15) is 4.79 Å². The molecule has 0 unspecified atom stereocenters. The van der Waals surface area contributed by atoms with Crippen molar-refractivity contribution < 1.29 is 14.3 Å². The Bertz CT molecular complexity index is 1210. The Hall–Kier alpha value is -4.07. The normalized spacial score (nSPS) is 10.7. The van der Waals surface area contributed by atoms with E-state index >= 15 is 0 Å². The third-order valence-corrected chi connectivity index (χ3v) is 4.83. The van der Waals surface area contributed by atoms with Crippen molar-refractivity contribution in [2.24, 2.45) is 0 Å². The van der Waals surface area contributed by atoms with Crippen LogP contribution in [-0.4, -0.2) is 38.7 Å². The molecule has 31 heavy (non-hydrogen) atoms. The number of aromatic amines is 1. The van der Waals surface area contributed by atoms with Crippen LogP contribution in [0.2, 0.25) is 0 Å². The van der Waals surface area contributed by atoms with Crippen LogP contribution in [0.3, 0.4) is 0 Å². The highest BCUT2D eigenvalue weighted by molar-refractivity contribution is 5.93. The summed E-state index contributed by atoms with van der Waals surface area (Å²) in [6.45, 7) is 3.85. The summed E-state index contributed by atoms with van der Waals surface area (Å²) >= 11 is 0. The van der Waals surface area contributed by atoms with Gasteiger partial charge in [0.1, 0.15) is 17.9 Å². The first-order valence-electron chi connectivity index (χ1n) is 9.68. The van der Waals surface area contributed by atoms with E-state index in [1.54, 1.807) is 13.0 Å². The molecule has 0 amide bonds. The Morgan fingerprint density at radius 1 is 1.03 bits per heavy atom. The summed E-state index contributed by atoms with van der Waals surface area (Å²) in [5.41, 5.74) is 5.40. The minimum absolute atomic E-state index is 0.243. The van der Waals surface area contributed by atoms with Crippen molar-refractivity contribution in [3.8, 4) is 28.3 Å². The van der Waals surface area contributed by atoms with Gasteiger partial charge in [-0.3, -0.25) is 4.98 Å². The van der Waals surface area contributed by atoms with Crippen LogP contribution >= 0.6 is 0 Å². The quantitative estimate of drug-likeness (QED) is 0.476. The highest BCUT2D eigenvalue weighted by atomic mass is 16.5. The van der Waals surface area contributed by atoms with Gasteiger partial charge in [-0.25, -0.2) is 4.79 Å². The summed E-state index contributed by atoms with van der Waals surface area (Å²) in [4.78, 5) is 16.6. The largest absolute Gasteiger partial charge is 0.488 e. The van der Waals surface area contributed by atoms with Crippen LogP contribution in [0, 0.1) is 13.8 Å². The standard InChI is InChI=1S/C23H21N5O3/c1-14-11-20(21(15(2)24-14)23(29)30-3)31-13-16-9-10-18(17-7-5-4-6-8-17)19(12-16)22-25-27-28-26-22/h4-12H,13H2,1-3H3,(H,25,26,27,28). The lowest BCUT2D eigenvalue weighted by atomic mass is 9.97. The molecule has 2 aromatic carbocycles. The van der Waals surface area contributed by atoms with Gasteiger partial charge in [0, 0.05) is 17.3 Å². The Morgan fingerprint density at radius 3 is 2.55 bits per heavy atom. The molecule has 0 radical (unpaired) electrons. The lowest BCUT2D eigenvalue weighted by Crippen LogP contribution is -2.10. The number of aryl methyl sites for hydroxylation is 2. The van der Waals surface area contributed by atoms with Crippen LogP contribution in [0.1, 0.15) is 27.3 Å². The van der Waals surface area contributed by atoms with Crippen LogP contribution in [0.25, 0.3) is 22.5 Å². The molecule has 8 heteroatoms. The zero-order valence-electron chi connectivity index (χ0n) is 17.4. The molecule has 0 aliphatic rings. The maximum absolute atomic E-state index is 12.2. The number of hydrogen-bond acceptors (Lipinski definition) is 7. The predicted molar refractivity (Wildman–Crippen MR) is 114 cm³/mol. The molecule has 0 saturated heterocycles. The zero-order chi connectivity index (χ0) is 21.8. The van der Waals surface area contributed by atoms with Crippen LogP contribution in [0.5, 0.6) is 5.75 Å². The number of ether oxygens (including phenoxy) is 2. The molecular formula is C23H21N5O3. The van der Waals surface area contributed by atoms with Gasteiger partial charge >= 0.3 is 5.97 Å². The number of carbonyl (C=O) groups excluding carboxylic acids is 1. The predicted octanol–water partition coefficient (Wildman–Crippen LogP) is 3.91. The number of pyridine rings is 1. The van der Waals surface area contributed by atoms with Gasteiger partial charge in [-0.15, -0.1) is 10.2 Å². The zero-order valence-corrected chi connectivity index (χ0v) is 17.4. The van der Waals surface area contributed by atoms with Crippen LogP contribution in [0.4, 0.5) is 0 Å². The van der Waals surface area contributed by atoms with Crippen LogP contribution < -0.4 is 4.74 Å². The van der Waals surface area contributed by atoms with E-state index in [2.05, 4.69) is 25.6 Å². The van der Waals surface area contributed by atoms with Gasteiger partial charge in [-0.2, -0.15) is 5.21 Å². The number of carbonyl (C=O) groups is 1. The lowest BCUT2D eigenvalue weighted by Gasteiger charge is -2.14. The minimum Gasteiger partial charge on any atom is -0.488 e. The Kier molecular flexibility index (Phi) is 5.70. The number of rotatable bonds is 6. The number of nitrogens with one attached hydrogen (secondary N) is 1. The smallest absolute Gasteiger partial charge is 0.343 e. The van der Waals surface area contributed by atoms with Gasteiger partial charge in [-0.1, -0.05) is 42.5 Å². The molecule has 4 aromatic rings. The highest BCUT2D eigenvalue weighted by Gasteiger charge is 2.19. The van der Waals surface area contributed by atoms with E-state index < -0.39 is 5.97 Å². The van der Waals surface area contributed by atoms with E-state index in [0.29, 0.717) is 22.8 Å². The number of aromatic nitrogens is 5. The number of hydrogen-bond donors (Lipinski definition) is 1. The van der Waals surface area contributed by atoms with Crippen molar-refractivity contribution in [3.63, 3.8) is 0 Å². The van der Waals surface area contributed by atoms with Gasteiger partial charge in [0.05, 0.1) is 12.8 Å². The maximum Gasteiger partial charge on any atom is 0.343 e. The van der Waals surface area contributed by atoms with Crippen LogP contribution in [0.15, 0.2) is 54.6 Å². The minimum atomic E-state index is -0.480. The number of H-pyrrole nitrogens is 1. The van der Waals surface area contributed by atoms with Gasteiger partial charge in [0.25, 0.3) is 0 Å². The molecule has 0 bridgehead atoms. The van der Waals surface area contributed by atoms with Crippen molar-refractivity contribution in [2.45, 2.75) is 20.5 Å². The summed E-state index contributed by atoms with van der Waals surface area (Å²) in [7, 11) is 1.34. The van der Waals surface area contributed by atoms with Crippen molar-refractivity contribution in [1.82, 2.24) is 25.6 Å². The molecule has 0 spiro atoms. The van der Waals surface area contributed by atoms with Gasteiger partial charge in [-0.05, 0) is 41.8 Å². The SMILES string of the molecule is COC(=O)c1c(OCc2ccc(-c3ccccc3)c(-c3nn[nH]n3)c2)cc(C)nc1C. The van der Waals surface area contributed by atoms with Gasteiger partial charge in [0.2, 0.25) is 5.82 Å². The van der Waals surface area contributed by atoms with Crippen molar-refractivity contribution in [2.75, 3.05) is 7.11 Å².